The summed E-state index contributed by atoms with van der Waals surface area (Å²) in [7, 11) is 1.91. The topological polar surface area (TPSA) is 90.8 Å². The lowest BCUT2D eigenvalue weighted by molar-refractivity contribution is 0.0825. The zero-order valence-corrected chi connectivity index (χ0v) is 18.4. The minimum absolute atomic E-state index is 0.344. The molecule has 2 aromatic heterocycles. The van der Waals surface area contributed by atoms with Crippen molar-refractivity contribution < 1.29 is 9.47 Å². The predicted octanol–water partition coefficient (Wildman–Crippen LogP) is 3.99. The SMILES string of the molecule is Cc1nn(-c2ccccc2)c(CSc2nnc(C3COc4ccccc4O3)n2C)c1C#N. The summed E-state index contributed by atoms with van der Waals surface area (Å²) in [6.07, 6.45) is -0.344. The summed E-state index contributed by atoms with van der Waals surface area (Å²) in [5.41, 5.74) is 3.04. The molecule has 0 fully saturated rings. The molecule has 0 bridgehead atoms. The minimum Gasteiger partial charge on any atom is -0.485 e. The van der Waals surface area contributed by atoms with Gasteiger partial charge in [-0.05, 0) is 31.2 Å². The molecule has 1 aliphatic rings. The lowest BCUT2D eigenvalue weighted by Crippen LogP contribution is -2.24. The normalized spacial score (nSPS) is 14.8. The van der Waals surface area contributed by atoms with Crippen molar-refractivity contribution in [3.05, 3.63) is 77.4 Å². The molecule has 32 heavy (non-hydrogen) atoms. The standard InChI is InChI=1S/C23H20N6O2S/c1-15-17(12-24)18(29(27-15)16-8-4-3-5-9-16)14-32-23-26-25-22(28(23)2)21-13-30-19-10-6-7-11-20(19)31-21/h3-11,21H,13-14H2,1-2H3. The van der Waals surface area contributed by atoms with Gasteiger partial charge in [-0.2, -0.15) is 10.4 Å². The monoisotopic (exact) mass is 444 g/mol. The Morgan fingerprint density at radius 2 is 1.84 bits per heavy atom. The number of aryl methyl sites for hydroxylation is 1. The Bertz CT molecular complexity index is 1310. The van der Waals surface area contributed by atoms with Crippen LogP contribution in [0.2, 0.25) is 0 Å². The van der Waals surface area contributed by atoms with Gasteiger partial charge in [0, 0.05) is 12.8 Å². The molecule has 3 heterocycles. The van der Waals surface area contributed by atoms with E-state index in [1.807, 2.05) is 77.8 Å². The molecule has 0 saturated heterocycles. The first-order valence-electron chi connectivity index (χ1n) is 10.1. The van der Waals surface area contributed by atoms with Gasteiger partial charge in [-0.3, -0.25) is 0 Å². The number of hydrogen-bond acceptors (Lipinski definition) is 7. The average Bonchev–Trinajstić information content (AvgIpc) is 3.36. The molecule has 0 spiro atoms. The maximum absolute atomic E-state index is 9.69. The summed E-state index contributed by atoms with van der Waals surface area (Å²) in [6, 6.07) is 19.7. The fourth-order valence-corrected chi connectivity index (χ4v) is 4.57. The average molecular weight is 445 g/mol. The number of nitriles is 1. The molecule has 2 aromatic carbocycles. The highest BCUT2D eigenvalue weighted by Crippen LogP contribution is 2.36. The zero-order valence-electron chi connectivity index (χ0n) is 17.6. The molecule has 0 amide bonds. The van der Waals surface area contributed by atoms with Crippen LogP contribution in [0.4, 0.5) is 0 Å². The molecule has 4 aromatic rings. The third kappa shape index (κ3) is 3.59. The van der Waals surface area contributed by atoms with E-state index in [-0.39, 0.29) is 6.10 Å². The van der Waals surface area contributed by atoms with Crippen LogP contribution in [0.5, 0.6) is 11.5 Å². The van der Waals surface area contributed by atoms with Gasteiger partial charge in [0.05, 0.1) is 22.6 Å². The fraction of sp³-hybridized carbons (Fsp3) is 0.217. The Balaban J connectivity index is 1.38. The van der Waals surface area contributed by atoms with Crippen molar-refractivity contribution in [1.82, 2.24) is 24.5 Å². The molecule has 0 saturated carbocycles. The van der Waals surface area contributed by atoms with Crippen LogP contribution in [0.25, 0.3) is 5.69 Å². The Hall–Kier alpha value is -3.77. The van der Waals surface area contributed by atoms with Gasteiger partial charge >= 0.3 is 0 Å². The Labute approximate surface area is 189 Å². The number of ether oxygens (including phenoxy) is 2. The maximum Gasteiger partial charge on any atom is 0.192 e. The van der Waals surface area contributed by atoms with E-state index in [2.05, 4.69) is 21.4 Å². The van der Waals surface area contributed by atoms with Gasteiger partial charge in [0.25, 0.3) is 0 Å². The van der Waals surface area contributed by atoms with Gasteiger partial charge in [-0.15, -0.1) is 10.2 Å². The smallest absolute Gasteiger partial charge is 0.192 e. The first kappa shape index (κ1) is 20.2. The Kier molecular flexibility index (Phi) is 5.29. The number of thioether (sulfide) groups is 1. The van der Waals surface area contributed by atoms with E-state index in [1.54, 1.807) is 0 Å². The second kappa shape index (κ2) is 8.40. The van der Waals surface area contributed by atoms with Crippen LogP contribution in [0.1, 0.15) is 28.9 Å². The molecule has 9 heteroatoms. The molecule has 160 valence electrons. The molecule has 0 N–H and O–H groups in total. The molecule has 0 aliphatic carbocycles. The van der Waals surface area contributed by atoms with Crippen LogP contribution in [0, 0.1) is 18.3 Å². The van der Waals surface area contributed by atoms with Gasteiger partial charge in [0.15, 0.2) is 28.6 Å². The number of rotatable bonds is 5. The van der Waals surface area contributed by atoms with E-state index in [9.17, 15) is 5.26 Å². The number of nitrogens with zero attached hydrogens (tertiary/aromatic N) is 6. The van der Waals surface area contributed by atoms with Crippen molar-refractivity contribution in [2.24, 2.45) is 7.05 Å². The summed E-state index contributed by atoms with van der Waals surface area (Å²) in [4.78, 5) is 0. The summed E-state index contributed by atoms with van der Waals surface area (Å²) < 4.78 is 15.6. The molecule has 8 nitrogen and oxygen atoms in total. The van der Waals surface area contributed by atoms with Crippen molar-refractivity contribution in [3.8, 4) is 23.3 Å². The Morgan fingerprint density at radius 1 is 1.09 bits per heavy atom. The van der Waals surface area contributed by atoms with E-state index in [0.717, 1.165) is 22.3 Å². The quantitative estimate of drug-likeness (QED) is 0.430. The van der Waals surface area contributed by atoms with Crippen molar-refractivity contribution in [2.45, 2.75) is 23.9 Å². The lowest BCUT2D eigenvalue weighted by atomic mass is 10.2. The number of aromatic nitrogens is 5. The predicted molar refractivity (Wildman–Crippen MR) is 119 cm³/mol. The second-order valence-electron chi connectivity index (χ2n) is 7.32. The summed E-state index contributed by atoms with van der Waals surface area (Å²) in [6.45, 7) is 2.22. The van der Waals surface area contributed by atoms with Crippen LogP contribution in [-0.2, 0) is 12.8 Å². The highest BCUT2D eigenvalue weighted by Gasteiger charge is 2.28. The van der Waals surface area contributed by atoms with Crippen LogP contribution >= 0.6 is 11.8 Å². The first-order valence-corrected chi connectivity index (χ1v) is 11.1. The van der Waals surface area contributed by atoms with E-state index in [0.29, 0.717) is 35.2 Å². The molecule has 1 aliphatic heterocycles. The van der Waals surface area contributed by atoms with Crippen LogP contribution in [0.15, 0.2) is 59.8 Å². The van der Waals surface area contributed by atoms with Crippen molar-refractivity contribution in [2.75, 3.05) is 6.61 Å². The van der Waals surface area contributed by atoms with Gasteiger partial charge in [0.2, 0.25) is 0 Å². The molecule has 1 unspecified atom stereocenters. The van der Waals surface area contributed by atoms with Gasteiger partial charge in [-0.25, -0.2) is 4.68 Å². The third-order valence-electron chi connectivity index (χ3n) is 5.27. The lowest BCUT2D eigenvalue weighted by Gasteiger charge is -2.25. The van der Waals surface area contributed by atoms with Crippen molar-refractivity contribution in [1.29, 1.82) is 5.26 Å². The van der Waals surface area contributed by atoms with Gasteiger partial charge in [0.1, 0.15) is 12.7 Å². The molecule has 0 radical (unpaired) electrons. The number of hydrogen-bond donors (Lipinski definition) is 0. The summed E-state index contributed by atoms with van der Waals surface area (Å²) in [5, 5.41) is 23.7. The van der Waals surface area contributed by atoms with E-state index < -0.39 is 0 Å². The number of para-hydroxylation sites is 3. The third-order valence-corrected chi connectivity index (χ3v) is 6.30. The van der Waals surface area contributed by atoms with Crippen LogP contribution in [0.3, 0.4) is 0 Å². The fourth-order valence-electron chi connectivity index (χ4n) is 3.65. The van der Waals surface area contributed by atoms with Crippen LogP contribution in [-0.4, -0.2) is 31.2 Å². The van der Waals surface area contributed by atoms with Crippen molar-refractivity contribution in [3.63, 3.8) is 0 Å². The second-order valence-corrected chi connectivity index (χ2v) is 8.26. The minimum atomic E-state index is -0.344. The molecule has 5 rings (SSSR count). The highest BCUT2D eigenvalue weighted by atomic mass is 32.2. The largest absolute Gasteiger partial charge is 0.485 e. The van der Waals surface area contributed by atoms with Gasteiger partial charge in [-0.1, -0.05) is 42.1 Å². The first-order chi connectivity index (χ1) is 15.7. The molecular weight excluding hydrogens is 424 g/mol. The number of benzene rings is 2. The molecule has 1 atom stereocenters. The summed E-state index contributed by atoms with van der Waals surface area (Å²) >= 11 is 1.50. The van der Waals surface area contributed by atoms with Crippen molar-refractivity contribution >= 4 is 11.8 Å². The van der Waals surface area contributed by atoms with E-state index >= 15 is 0 Å². The van der Waals surface area contributed by atoms with Gasteiger partial charge < -0.3 is 14.0 Å². The summed E-state index contributed by atoms with van der Waals surface area (Å²) in [5.74, 6) is 2.64. The highest BCUT2D eigenvalue weighted by molar-refractivity contribution is 7.98. The zero-order chi connectivity index (χ0) is 22.1. The van der Waals surface area contributed by atoms with Crippen LogP contribution < -0.4 is 9.47 Å². The van der Waals surface area contributed by atoms with E-state index in [4.69, 9.17) is 9.47 Å². The van der Waals surface area contributed by atoms with E-state index in [1.165, 1.54) is 11.8 Å². The molecular formula is C23H20N6O2S. The maximum atomic E-state index is 9.69. The number of fused-ring (bicyclic) bond motifs is 1. The Morgan fingerprint density at radius 3 is 2.62 bits per heavy atom.